The topological polar surface area (TPSA) is 51.0 Å². The van der Waals surface area contributed by atoms with E-state index in [-0.39, 0.29) is 18.5 Å². The van der Waals surface area contributed by atoms with Crippen LogP contribution < -0.4 is 0 Å². The molecule has 1 aromatic heterocycles. The van der Waals surface area contributed by atoms with Crippen LogP contribution in [0.4, 0.5) is 0 Å². The SMILES string of the molecule is O=C(Cn1cc(C2CC2)nn1)N1CCC[C@H]1c1cccc2ccccc12. The highest BCUT2D eigenvalue weighted by Crippen LogP contribution is 2.39. The molecule has 3 aromatic rings. The Morgan fingerprint density at radius 2 is 1.92 bits per heavy atom. The Bertz CT molecular complexity index is 954. The molecular formula is C21H22N4O. The molecule has 1 aliphatic carbocycles. The molecule has 26 heavy (non-hydrogen) atoms. The second-order valence-corrected chi connectivity index (χ2v) is 7.43. The number of fused-ring (bicyclic) bond motifs is 1. The standard InChI is InChI=1S/C21H22N4O/c26-21(14-24-13-19(22-23-24)16-10-11-16)25-12-4-9-20(25)18-8-3-6-15-5-1-2-7-17(15)18/h1-3,5-8,13,16,20H,4,9-12,14H2/t20-/m0/s1. The minimum Gasteiger partial charge on any atom is -0.334 e. The lowest BCUT2D eigenvalue weighted by atomic mass is 9.97. The minimum absolute atomic E-state index is 0.132. The summed E-state index contributed by atoms with van der Waals surface area (Å²) in [6.45, 7) is 1.10. The van der Waals surface area contributed by atoms with Crippen molar-refractivity contribution in [1.82, 2.24) is 19.9 Å². The number of likely N-dealkylation sites (tertiary alicyclic amines) is 1. The minimum atomic E-state index is 0.132. The molecule has 132 valence electrons. The van der Waals surface area contributed by atoms with Gasteiger partial charge in [-0.15, -0.1) is 5.10 Å². The summed E-state index contributed by atoms with van der Waals surface area (Å²) >= 11 is 0. The van der Waals surface area contributed by atoms with Crippen LogP contribution in [0.1, 0.15) is 48.9 Å². The summed E-state index contributed by atoms with van der Waals surface area (Å²) in [4.78, 5) is 15.0. The molecule has 5 nitrogen and oxygen atoms in total. The second kappa shape index (κ2) is 6.24. The molecule has 0 spiro atoms. The number of hydrogen-bond acceptors (Lipinski definition) is 3. The quantitative estimate of drug-likeness (QED) is 0.724. The fourth-order valence-corrected chi connectivity index (χ4v) is 4.12. The van der Waals surface area contributed by atoms with E-state index in [1.807, 2.05) is 11.1 Å². The number of amides is 1. The van der Waals surface area contributed by atoms with Crippen molar-refractivity contribution >= 4 is 16.7 Å². The van der Waals surface area contributed by atoms with Crippen LogP contribution in [0.15, 0.2) is 48.7 Å². The lowest BCUT2D eigenvalue weighted by Gasteiger charge is -2.26. The van der Waals surface area contributed by atoms with Crippen LogP contribution in [0.2, 0.25) is 0 Å². The molecule has 2 fully saturated rings. The first-order chi connectivity index (χ1) is 12.8. The Labute approximate surface area is 152 Å². The Balaban J connectivity index is 1.39. The molecule has 0 unspecified atom stereocenters. The van der Waals surface area contributed by atoms with Gasteiger partial charge in [0.25, 0.3) is 0 Å². The zero-order chi connectivity index (χ0) is 17.5. The first kappa shape index (κ1) is 15.6. The van der Waals surface area contributed by atoms with Crippen molar-refractivity contribution in [2.75, 3.05) is 6.54 Å². The molecule has 5 rings (SSSR count). The van der Waals surface area contributed by atoms with Crippen LogP contribution in [0.5, 0.6) is 0 Å². The van der Waals surface area contributed by atoms with Crippen molar-refractivity contribution in [3.05, 3.63) is 59.9 Å². The van der Waals surface area contributed by atoms with Gasteiger partial charge in [0.05, 0.1) is 11.7 Å². The van der Waals surface area contributed by atoms with Gasteiger partial charge < -0.3 is 4.90 Å². The smallest absolute Gasteiger partial charge is 0.244 e. The zero-order valence-electron chi connectivity index (χ0n) is 14.7. The average Bonchev–Trinajstić information content (AvgIpc) is 3.22. The van der Waals surface area contributed by atoms with E-state index in [0.29, 0.717) is 5.92 Å². The van der Waals surface area contributed by atoms with E-state index in [4.69, 9.17) is 0 Å². The van der Waals surface area contributed by atoms with Crippen molar-refractivity contribution in [2.45, 2.75) is 44.2 Å². The van der Waals surface area contributed by atoms with E-state index in [1.54, 1.807) is 4.68 Å². The van der Waals surface area contributed by atoms with Gasteiger partial charge in [-0.2, -0.15) is 0 Å². The highest BCUT2D eigenvalue weighted by atomic mass is 16.2. The third-order valence-electron chi connectivity index (χ3n) is 5.60. The van der Waals surface area contributed by atoms with E-state index >= 15 is 0 Å². The average molecular weight is 346 g/mol. The number of aromatic nitrogens is 3. The largest absolute Gasteiger partial charge is 0.334 e. The molecule has 1 saturated carbocycles. The number of benzene rings is 2. The maximum atomic E-state index is 13.0. The summed E-state index contributed by atoms with van der Waals surface area (Å²) in [5.74, 6) is 0.696. The Kier molecular flexibility index (Phi) is 3.73. The fraction of sp³-hybridized carbons (Fsp3) is 0.381. The number of carbonyl (C=O) groups excluding carboxylic acids is 1. The molecular weight excluding hydrogens is 324 g/mol. The van der Waals surface area contributed by atoms with Gasteiger partial charge in [0, 0.05) is 18.7 Å². The second-order valence-electron chi connectivity index (χ2n) is 7.43. The summed E-state index contributed by atoms with van der Waals surface area (Å²) in [6, 6.07) is 15.0. The van der Waals surface area contributed by atoms with Gasteiger partial charge in [-0.25, -0.2) is 4.68 Å². The lowest BCUT2D eigenvalue weighted by molar-refractivity contribution is -0.133. The highest BCUT2D eigenvalue weighted by Gasteiger charge is 2.31. The third kappa shape index (κ3) is 2.77. The molecule has 1 atom stereocenters. The lowest BCUT2D eigenvalue weighted by Crippen LogP contribution is -2.33. The number of hydrogen-bond donors (Lipinski definition) is 0. The Hall–Kier alpha value is -2.69. The molecule has 1 saturated heterocycles. The van der Waals surface area contributed by atoms with E-state index in [9.17, 15) is 4.79 Å². The summed E-state index contributed by atoms with van der Waals surface area (Å²) < 4.78 is 1.70. The molecule has 5 heteroatoms. The van der Waals surface area contributed by atoms with Crippen molar-refractivity contribution in [2.24, 2.45) is 0 Å². The molecule has 1 amide bonds. The van der Waals surface area contributed by atoms with Crippen molar-refractivity contribution in [3.8, 4) is 0 Å². The van der Waals surface area contributed by atoms with Crippen LogP contribution >= 0.6 is 0 Å². The normalized spacial score (nSPS) is 20.0. The molecule has 2 aromatic carbocycles. The van der Waals surface area contributed by atoms with Crippen LogP contribution in [-0.2, 0) is 11.3 Å². The van der Waals surface area contributed by atoms with Gasteiger partial charge in [-0.1, -0.05) is 47.7 Å². The van der Waals surface area contributed by atoms with Crippen LogP contribution in [-0.4, -0.2) is 32.3 Å². The van der Waals surface area contributed by atoms with E-state index in [1.165, 1.54) is 29.2 Å². The van der Waals surface area contributed by atoms with Crippen LogP contribution in [0.25, 0.3) is 10.8 Å². The van der Waals surface area contributed by atoms with Gasteiger partial charge in [-0.05, 0) is 42.0 Å². The summed E-state index contributed by atoms with van der Waals surface area (Å²) in [7, 11) is 0. The fourth-order valence-electron chi connectivity index (χ4n) is 4.12. The maximum Gasteiger partial charge on any atom is 0.244 e. The molecule has 1 aliphatic heterocycles. The van der Waals surface area contributed by atoms with Gasteiger partial charge in [0.1, 0.15) is 6.54 Å². The van der Waals surface area contributed by atoms with Crippen molar-refractivity contribution < 1.29 is 4.79 Å². The number of nitrogens with zero attached hydrogens (tertiary/aromatic N) is 4. The highest BCUT2D eigenvalue weighted by molar-refractivity contribution is 5.87. The van der Waals surface area contributed by atoms with Gasteiger partial charge in [-0.3, -0.25) is 4.79 Å². The van der Waals surface area contributed by atoms with E-state index in [0.717, 1.165) is 25.1 Å². The Morgan fingerprint density at radius 3 is 2.81 bits per heavy atom. The predicted molar refractivity (Wildman–Crippen MR) is 99.6 cm³/mol. The monoisotopic (exact) mass is 346 g/mol. The molecule has 2 heterocycles. The predicted octanol–water partition coefficient (Wildman–Crippen LogP) is 3.67. The first-order valence-electron chi connectivity index (χ1n) is 9.47. The molecule has 0 bridgehead atoms. The van der Waals surface area contributed by atoms with E-state index < -0.39 is 0 Å². The number of rotatable bonds is 4. The van der Waals surface area contributed by atoms with Crippen molar-refractivity contribution in [3.63, 3.8) is 0 Å². The third-order valence-corrected chi connectivity index (χ3v) is 5.60. The zero-order valence-corrected chi connectivity index (χ0v) is 14.7. The maximum absolute atomic E-state index is 13.0. The van der Waals surface area contributed by atoms with Crippen LogP contribution in [0.3, 0.4) is 0 Å². The number of carbonyl (C=O) groups is 1. The Morgan fingerprint density at radius 1 is 1.08 bits per heavy atom. The molecule has 0 radical (unpaired) electrons. The van der Waals surface area contributed by atoms with Gasteiger partial charge in [0.15, 0.2) is 0 Å². The summed E-state index contributed by atoms with van der Waals surface area (Å²) in [6.07, 6.45) is 6.40. The molecule has 2 aliphatic rings. The summed E-state index contributed by atoms with van der Waals surface area (Å²) in [5.41, 5.74) is 2.29. The van der Waals surface area contributed by atoms with Gasteiger partial charge in [0.2, 0.25) is 5.91 Å². The van der Waals surface area contributed by atoms with Gasteiger partial charge >= 0.3 is 0 Å². The van der Waals surface area contributed by atoms with Crippen molar-refractivity contribution in [1.29, 1.82) is 0 Å². The first-order valence-corrected chi connectivity index (χ1v) is 9.47. The summed E-state index contributed by atoms with van der Waals surface area (Å²) in [5, 5.41) is 10.9. The van der Waals surface area contributed by atoms with E-state index in [2.05, 4.69) is 52.8 Å². The molecule has 0 N–H and O–H groups in total. The van der Waals surface area contributed by atoms with Crippen LogP contribution in [0, 0.1) is 0 Å².